The summed E-state index contributed by atoms with van der Waals surface area (Å²) in [7, 11) is 1.61. The molecule has 1 aliphatic carbocycles. The highest BCUT2D eigenvalue weighted by atomic mass is 16.5. The van der Waals surface area contributed by atoms with E-state index in [1.165, 1.54) is 0 Å². The van der Waals surface area contributed by atoms with Gasteiger partial charge in [-0.15, -0.1) is 0 Å². The Morgan fingerprint density at radius 3 is 2.55 bits per heavy atom. The fourth-order valence-electron chi connectivity index (χ4n) is 5.90. The maximum atomic E-state index is 13.6. The maximum absolute atomic E-state index is 13.6. The van der Waals surface area contributed by atoms with Gasteiger partial charge in [0.1, 0.15) is 0 Å². The van der Waals surface area contributed by atoms with Gasteiger partial charge >= 0.3 is 6.09 Å². The molecule has 5 unspecified atom stereocenters. The average molecular weight is 434 g/mol. The van der Waals surface area contributed by atoms with Crippen LogP contribution in [0, 0.1) is 11.8 Å². The van der Waals surface area contributed by atoms with Crippen molar-refractivity contribution in [3.05, 3.63) is 22.5 Å². The number of allylic oxidation sites excluding steroid dienone is 2. The predicted molar refractivity (Wildman–Crippen MR) is 110 cm³/mol. The van der Waals surface area contributed by atoms with E-state index in [-0.39, 0.29) is 30.3 Å². The summed E-state index contributed by atoms with van der Waals surface area (Å²) in [5.41, 5.74) is 5.18. The minimum atomic E-state index is -1.33. The summed E-state index contributed by atoms with van der Waals surface area (Å²) < 4.78 is 5.93. The molecule has 3 saturated heterocycles. The number of ketones is 2. The number of nitrogens with zero attached hydrogens (tertiary/aromatic N) is 2. The molecule has 1 amide bonds. The summed E-state index contributed by atoms with van der Waals surface area (Å²) in [5.74, 6) is -0.196. The molecule has 0 aromatic carbocycles. The summed E-state index contributed by atoms with van der Waals surface area (Å²) >= 11 is 0. The van der Waals surface area contributed by atoms with E-state index in [0.29, 0.717) is 35.0 Å². The number of Topliss-reactive ketones (excluding diaryl/α,β-unsaturated/α-hetero) is 2. The number of likely N-dealkylation sites (tertiary alicyclic amines) is 1. The van der Waals surface area contributed by atoms with Gasteiger partial charge in [0.25, 0.3) is 0 Å². The quantitative estimate of drug-likeness (QED) is 0.344. The third-order valence-corrected chi connectivity index (χ3v) is 7.16. The van der Waals surface area contributed by atoms with E-state index in [4.69, 9.17) is 14.6 Å². The van der Waals surface area contributed by atoms with Gasteiger partial charge in [-0.2, -0.15) is 0 Å². The number of nitrogens with two attached hydrogens (primary N) is 1. The third kappa shape index (κ3) is 3.07. The molecule has 5 atom stereocenters. The van der Waals surface area contributed by atoms with Gasteiger partial charge in [-0.1, -0.05) is 6.92 Å². The second kappa shape index (κ2) is 7.61. The number of fused-ring (bicyclic) bond motifs is 4. The van der Waals surface area contributed by atoms with Crippen molar-refractivity contribution >= 4 is 17.7 Å². The Morgan fingerprint density at radius 1 is 1.29 bits per heavy atom. The minimum absolute atomic E-state index is 0.0459. The van der Waals surface area contributed by atoms with Crippen LogP contribution in [0.5, 0.6) is 0 Å². The van der Waals surface area contributed by atoms with Crippen LogP contribution in [-0.4, -0.2) is 88.8 Å². The van der Waals surface area contributed by atoms with Crippen LogP contribution in [0.3, 0.4) is 0 Å². The lowest BCUT2D eigenvalue weighted by Gasteiger charge is -2.39. The molecule has 0 aromatic rings. The standard InChI is InChI=1S/C20H27N3O4.CH3NO2/c1-10-5-4-6-22(7-10)15-11(2)17(25)16-14(18(15)26)12(9-24)20(27-3)19-13(21-19)8-23(16)20;2-1(3)4/h10,12-13,19,21,24H,4-9H2,1-3H3;2H2,(H,3,4). The molecule has 10 heteroatoms. The zero-order chi connectivity index (χ0) is 22.7. The summed E-state index contributed by atoms with van der Waals surface area (Å²) in [6.07, 6.45) is 0.837. The number of aliphatic hydroxyl groups is 1. The lowest BCUT2D eigenvalue weighted by molar-refractivity contribution is -0.137. The van der Waals surface area contributed by atoms with E-state index in [1.54, 1.807) is 14.0 Å². The monoisotopic (exact) mass is 434 g/mol. The molecule has 5 N–H and O–H groups in total. The number of ether oxygens (including phenoxy) is 1. The van der Waals surface area contributed by atoms with Gasteiger partial charge in [0.15, 0.2) is 5.72 Å². The first-order chi connectivity index (χ1) is 14.7. The Labute approximate surface area is 180 Å². The number of carbonyl (C=O) groups excluding carboxylic acids is 2. The number of methoxy groups -OCH3 is 1. The molecule has 3 fully saturated rings. The number of hydrogen-bond donors (Lipinski definition) is 4. The summed E-state index contributed by atoms with van der Waals surface area (Å²) in [6, 6.07) is 0.300. The van der Waals surface area contributed by atoms with Crippen LogP contribution >= 0.6 is 0 Å². The second-order valence-electron chi connectivity index (χ2n) is 8.98. The Balaban J connectivity index is 0.000000535. The molecule has 5 rings (SSSR count). The number of hydrogen-bond acceptors (Lipinski definition) is 8. The molecule has 5 aliphatic rings. The zero-order valence-electron chi connectivity index (χ0n) is 18.1. The van der Waals surface area contributed by atoms with Crippen LogP contribution in [0.25, 0.3) is 0 Å². The lowest BCUT2D eigenvalue weighted by Crippen LogP contribution is -2.54. The number of piperidine rings is 1. The first-order valence-electron chi connectivity index (χ1n) is 10.7. The Kier molecular flexibility index (Phi) is 5.35. The van der Waals surface area contributed by atoms with Crippen molar-refractivity contribution in [1.82, 2.24) is 15.1 Å². The van der Waals surface area contributed by atoms with Gasteiger partial charge in [-0.25, -0.2) is 4.79 Å². The van der Waals surface area contributed by atoms with Gasteiger partial charge in [-0.3, -0.25) is 9.59 Å². The Hall–Kier alpha value is -2.43. The van der Waals surface area contributed by atoms with Gasteiger partial charge < -0.3 is 35.8 Å². The second-order valence-corrected chi connectivity index (χ2v) is 8.98. The predicted octanol–water partition coefficient (Wildman–Crippen LogP) is -0.358. The van der Waals surface area contributed by atoms with Crippen molar-refractivity contribution in [2.45, 2.75) is 44.5 Å². The number of amides is 1. The highest BCUT2D eigenvalue weighted by Crippen LogP contribution is 2.55. The number of nitrogens with one attached hydrogen (secondary N) is 1. The summed E-state index contributed by atoms with van der Waals surface area (Å²) in [4.78, 5) is 39.8. The molecule has 0 radical (unpaired) electrons. The first kappa shape index (κ1) is 21.8. The normalized spacial score (nSPS) is 36.1. The third-order valence-electron chi connectivity index (χ3n) is 7.16. The van der Waals surface area contributed by atoms with E-state index in [0.717, 1.165) is 25.9 Å². The molecule has 4 heterocycles. The summed E-state index contributed by atoms with van der Waals surface area (Å²) in [5, 5.41) is 20.8. The largest absolute Gasteiger partial charge is 0.465 e. The van der Waals surface area contributed by atoms with Crippen LogP contribution in [0.15, 0.2) is 22.5 Å². The fourth-order valence-corrected chi connectivity index (χ4v) is 5.90. The van der Waals surface area contributed by atoms with E-state index < -0.39 is 17.7 Å². The number of rotatable bonds is 3. The topological polar surface area (TPSA) is 155 Å². The number of carbonyl (C=O) groups is 3. The van der Waals surface area contributed by atoms with Crippen molar-refractivity contribution < 1.29 is 29.3 Å². The molecule has 0 aromatic heterocycles. The highest BCUT2D eigenvalue weighted by Gasteiger charge is 2.72. The molecule has 10 nitrogen and oxygen atoms in total. The fraction of sp³-hybridized carbons (Fsp3) is 0.667. The number of aliphatic hydroxyl groups excluding tert-OH is 1. The average Bonchev–Trinajstić information content (AvgIpc) is 3.31. The van der Waals surface area contributed by atoms with Gasteiger partial charge in [0, 0.05) is 43.9 Å². The van der Waals surface area contributed by atoms with Crippen molar-refractivity contribution in [3.8, 4) is 0 Å². The molecule has 0 spiro atoms. The minimum Gasteiger partial charge on any atom is -0.465 e. The van der Waals surface area contributed by atoms with Crippen LogP contribution in [0.4, 0.5) is 4.79 Å². The first-order valence-corrected chi connectivity index (χ1v) is 10.7. The lowest BCUT2D eigenvalue weighted by atomic mass is 9.81. The molecular formula is C21H30N4O6. The van der Waals surface area contributed by atoms with Gasteiger partial charge in [-0.05, 0) is 25.7 Å². The highest BCUT2D eigenvalue weighted by molar-refractivity contribution is 6.25. The van der Waals surface area contributed by atoms with Gasteiger partial charge in [0.2, 0.25) is 11.6 Å². The van der Waals surface area contributed by atoms with Crippen molar-refractivity contribution in [2.24, 2.45) is 17.6 Å². The molecular weight excluding hydrogens is 404 g/mol. The molecule has 0 saturated carbocycles. The van der Waals surface area contributed by atoms with Crippen LogP contribution in [0.2, 0.25) is 0 Å². The smallest absolute Gasteiger partial charge is 0.402 e. The van der Waals surface area contributed by atoms with Crippen molar-refractivity contribution in [3.63, 3.8) is 0 Å². The van der Waals surface area contributed by atoms with Crippen LogP contribution < -0.4 is 11.1 Å². The van der Waals surface area contributed by atoms with E-state index in [9.17, 15) is 14.7 Å². The van der Waals surface area contributed by atoms with Crippen LogP contribution in [-0.2, 0) is 14.3 Å². The number of primary amides is 1. The molecule has 31 heavy (non-hydrogen) atoms. The van der Waals surface area contributed by atoms with Crippen molar-refractivity contribution in [1.29, 1.82) is 0 Å². The van der Waals surface area contributed by atoms with Crippen molar-refractivity contribution in [2.75, 3.05) is 33.4 Å². The molecule has 0 bridgehead atoms. The maximum Gasteiger partial charge on any atom is 0.402 e. The Morgan fingerprint density at radius 2 is 1.97 bits per heavy atom. The van der Waals surface area contributed by atoms with E-state index in [1.807, 2.05) is 4.90 Å². The number of carboxylic acid groups (broad SMARTS) is 1. The van der Waals surface area contributed by atoms with E-state index >= 15 is 0 Å². The molecule has 4 aliphatic heterocycles. The SMILES string of the molecule is COC12C(CO)C3=C(C(=O)C(C)=C(N4CCCC(C)C4)C3=O)N1CC1NC12.NC(=O)O. The molecule has 170 valence electrons. The van der Waals surface area contributed by atoms with E-state index in [2.05, 4.69) is 22.9 Å². The van der Waals surface area contributed by atoms with Crippen LogP contribution in [0.1, 0.15) is 26.7 Å². The van der Waals surface area contributed by atoms with Gasteiger partial charge in [0.05, 0.1) is 30.0 Å². The Bertz CT molecular complexity index is 894. The number of piperazine rings is 1. The summed E-state index contributed by atoms with van der Waals surface area (Å²) in [6.45, 7) is 5.97. The zero-order valence-corrected chi connectivity index (χ0v) is 18.1.